The highest BCUT2D eigenvalue weighted by Crippen LogP contribution is 2.28. The number of unbranched alkanes of at least 4 members (excludes halogenated alkanes) is 3. The van der Waals surface area contributed by atoms with Crippen molar-refractivity contribution >= 4 is 0 Å². The van der Waals surface area contributed by atoms with Crippen LogP contribution in [0.4, 0.5) is 0 Å². The van der Waals surface area contributed by atoms with Crippen molar-refractivity contribution in [1.82, 2.24) is 58.8 Å². The van der Waals surface area contributed by atoms with Gasteiger partial charge in [-0.2, -0.15) is 0 Å². The van der Waals surface area contributed by atoms with Crippen LogP contribution >= 0.6 is 0 Å². The maximum absolute atomic E-state index is 2.61. The smallest absolute Gasteiger partial charge is 0.00300 e. The molecule has 12 nitrogen and oxygen atoms in total. The Morgan fingerprint density at radius 3 is 0.433 bits per heavy atom. The van der Waals surface area contributed by atoms with Crippen molar-refractivity contribution in [1.29, 1.82) is 0 Å². The third-order valence-corrected chi connectivity index (χ3v) is 23.2. The first-order chi connectivity index (χ1) is 62.6. The fourth-order valence-corrected chi connectivity index (χ4v) is 15.4. The van der Waals surface area contributed by atoms with Crippen molar-refractivity contribution in [3.05, 3.63) is 0 Å². The Kier molecular flexibility index (Phi) is 173. The Labute approximate surface area is 973 Å². The van der Waals surface area contributed by atoms with Crippen molar-refractivity contribution in [2.75, 3.05) is 240 Å². The van der Waals surface area contributed by atoms with Crippen LogP contribution < -0.4 is 0 Å². The summed E-state index contributed by atoms with van der Waals surface area (Å²) in [5.41, 5.74) is 5.88. The average molecular weight is 2160 g/mol. The molecule has 0 aromatic rings. The Hall–Kier alpha value is -0.480. The fourth-order valence-electron chi connectivity index (χ4n) is 15.4. The van der Waals surface area contributed by atoms with E-state index in [1.54, 1.807) is 0 Å². The fraction of sp³-hybridized carbons (Fsp3) is 1.00. The van der Waals surface area contributed by atoms with Gasteiger partial charge in [0.05, 0.1) is 0 Å². The lowest BCUT2D eigenvalue weighted by molar-refractivity contribution is 0.191. The van der Waals surface area contributed by atoms with Crippen LogP contribution in [0.1, 0.15) is 616 Å². The summed E-state index contributed by atoms with van der Waals surface area (Å²) in [7, 11) is 17.0. The van der Waals surface area contributed by atoms with E-state index < -0.39 is 0 Å². The summed E-state index contributed by atoms with van der Waals surface area (Å²) in [5.74, 6) is 0. The van der Waals surface area contributed by atoms with Crippen LogP contribution in [-0.2, 0) is 0 Å². The summed E-state index contributed by atoms with van der Waals surface area (Å²) in [6, 6.07) is 0. The average Bonchev–Trinajstić information content (AvgIpc) is 0.929. The lowest BCUT2D eigenvalue weighted by atomic mass is 9.90. The van der Waals surface area contributed by atoms with Crippen LogP contribution in [0.5, 0.6) is 0 Å². The van der Waals surface area contributed by atoms with Crippen LogP contribution in [0.3, 0.4) is 0 Å². The Morgan fingerprint density at radius 1 is 0.113 bits per heavy atom. The van der Waals surface area contributed by atoms with Gasteiger partial charge in [0.25, 0.3) is 0 Å². The molecule has 150 heavy (non-hydrogen) atoms. The zero-order valence-electron chi connectivity index (χ0n) is 110. The molecule has 0 aliphatic heterocycles. The molecule has 12 heteroatoms. The van der Waals surface area contributed by atoms with Crippen molar-refractivity contribution < 1.29 is 0 Å². The molecule has 0 amide bonds. The second kappa shape index (κ2) is 124. The van der Waals surface area contributed by atoms with Crippen LogP contribution in [0.15, 0.2) is 0 Å². The highest BCUT2D eigenvalue weighted by atomic mass is 15.2. The van der Waals surface area contributed by atoms with Crippen LogP contribution in [-0.4, -0.2) is 298 Å². The van der Waals surface area contributed by atoms with E-state index in [1.165, 1.54) is 344 Å². The summed E-state index contributed by atoms with van der Waals surface area (Å²) < 4.78 is 0. The summed E-state index contributed by atoms with van der Waals surface area (Å²) >= 11 is 0. The first kappa shape index (κ1) is 209. The molecule has 0 atom stereocenters. The SMILES string of the molecule is C.C.C.C.C.C.C.C.C.C.C.C.CCCN(CCC)CC(C)(C)C.CCCN(CCC)CCC(C)(C)C.CCCN(CCC)CCCC(C)(C)C.CCCN(CCC)CCCCC(C)(C)C.CCN(CC)CC(C)(C)C.CCN(CC)CCC(C)(C)C.CCN(CC)CCCC(C)(C)C.CCN(CC)CCCCC(C)(C)C.CN(C)CC(C)(C)C.CN(C)CCC(C)(C)C.CN(C)CCCC(C)(C)C.CN(C)CCCCC(C)(C)C. The molecular weight excluding hydrogens is 1830 g/mol. The van der Waals surface area contributed by atoms with Crippen molar-refractivity contribution in [3.8, 4) is 0 Å². The van der Waals surface area contributed by atoms with Gasteiger partial charge in [-0.15, -0.1) is 0 Å². The summed E-state index contributed by atoms with van der Waals surface area (Å²) in [6.45, 7) is 153. The minimum Gasteiger partial charge on any atom is -0.309 e. The molecule has 0 N–H and O–H groups in total. The highest BCUT2D eigenvalue weighted by Gasteiger charge is 2.21. The monoisotopic (exact) mass is 2160 g/mol. The van der Waals surface area contributed by atoms with Gasteiger partial charge < -0.3 is 58.8 Å². The van der Waals surface area contributed by atoms with E-state index >= 15 is 0 Å². The summed E-state index contributed by atoms with van der Waals surface area (Å²) in [4.78, 5) is 29.2. The second-order valence-electron chi connectivity index (χ2n) is 56.7. The molecule has 0 spiro atoms. The predicted molar refractivity (Wildman–Crippen MR) is 731 cm³/mol. The summed E-state index contributed by atoms with van der Waals surface area (Å²) in [6.07, 6.45) is 34.4. The van der Waals surface area contributed by atoms with E-state index in [9.17, 15) is 0 Å². The van der Waals surface area contributed by atoms with Gasteiger partial charge in [-0.05, 0) is 433 Å². The number of nitrogens with zero attached hydrogens (tertiary/aromatic N) is 12. The van der Waals surface area contributed by atoms with E-state index in [0.29, 0.717) is 65.0 Å². The van der Waals surface area contributed by atoms with Crippen LogP contribution in [0.25, 0.3) is 0 Å². The third kappa shape index (κ3) is 229. The molecule has 0 saturated heterocycles. The number of rotatable bonds is 54. The number of hydrogen-bond acceptors (Lipinski definition) is 12. The quantitative estimate of drug-likeness (QED) is 0.0545. The van der Waals surface area contributed by atoms with Gasteiger partial charge in [-0.1, -0.05) is 468 Å². The molecule has 0 aromatic heterocycles. The molecule has 948 valence electrons. The van der Waals surface area contributed by atoms with Crippen molar-refractivity contribution in [3.63, 3.8) is 0 Å². The first-order valence-electron chi connectivity index (χ1n) is 59.0. The molecule has 0 rings (SSSR count). The topological polar surface area (TPSA) is 38.9 Å². The molecule has 0 saturated carbocycles. The molecule has 0 aliphatic rings. The predicted octanol–water partition coefficient (Wildman–Crippen LogP) is 43.1. The van der Waals surface area contributed by atoms with Crippen LogP contribution in [0.2, 0.25) is 0 Å². The molecular formula is C138H336N12. The molecule has 0 bridgehead atoms. The number of hydrogen-bond donors (Lipinski definition) is 0. The maximum Gasteiger partial charge on any atom is 0.00300 e. The lowest BCUT2D eigenvalue weighted by Gasteiger charge is -2.29. The van der Waals surface area contributed by atoms with E-state index in [4.69, 9.17) is 0 Å². The van der Waals surface area contributed by atoms with Crippen LogP contribution in [0, 0.1) is 65.0 Å². The van der Waals surface area contributed by atoms with E-state index in [1.807, 2.05) is 0 Å². The third-order valence-electron chi connectivity index (χ3n) is 23.2. The molecule has 0 aliphatic carbocycles. The van der Waals surface area contributed by atoms with Gasteiger partial charge in [0.2, 0.25) is 0 Å². The van der Waals surface area contributed by atoms with E-state index in [-0.39, 0.29) is 89.1 Å². The largest absolute Gasteiger partial charge is 0.309 e. The zero-order valence-corrected chi connectivity index (χ0v) is 110. The molecule has 0 aromatic carbocycles. The van der Waals surface area contributed by atoms with Crippen molar-refractivity contribution in [2.45, 2.75) is 616 Å². The summed E-state index contributed by atoms with van der Waals surface area (Å²) in [5, 5.41) is 0. The molecule has 0 unspecified atom stereocenters. The Balaban J connectivity index is -0.0000000523. The van der Waals surface area contributed by atoms with Gasteiger partial charge in [0.1, 0.15) is 0 Å². The second-order valence-corrected chi connectivity index (χ2v) is 56.7. The molecule has 0 radical (unpaired) electrons. The van der Waals surface area contributed by atoms with E-state index in [0.717, 1.165) is 6.54 Å². The molecule has 0 heterocycles. The van der Waals surface area contributed by atoms with Crippen molar-refractivity contribution in [2.24, 2.45) is 65.0 Å². The van der Waals surface area contributed by atoms with Gasteiger partial charge in [-0.3, -0.25) is 0 Å². The Bertz CT molecular complexity index is 2280. The van der Waals surface area contributed by atoms with Gasteiger partial charge >= 0.3 is 0 Å². The highest BCUT2D eigenvalue weighted by molar-refractivity contribution is 4.74. The van der Waals surface area contributed by atoms with Gasteiger partial charge in [0.15, 0.2) is 0 Å². The maximum atomic E-state index is 2.61. The lowest BCUT2D eigenvalue weighted by Crippen LogP contribution is -2.33. The Morgan fingerprint density at radius 2 is 0.260 bits per heavy atom. The zero-order chi connectivity index (χ0) is 111. The normalized spacial score (nSPS) is 11.5. The standard InChI is InChI=1S/C14H31N.C13H29N.2C12H27N.2C11H25N.2C10H23N.2C9H21N.C8H19N.C7H17N.12CH4/c1-6-11-15(12-7-2)13-9-8-10-14(3,4)5;1-6-10-14(11-7-2)12-8-9-13(3,4)5;1-6-13(7-2)11-9-8-10-12(3,4)5;1-6-9-13(10-7-2)11-8-12(3,4)5;1-6-12(7-2)10-8-9-11(3,4)5;1-6-8-12(9-7-2)10-11(3,4)5;1-10(2,3)8-6-7-9-11(4)5;1-6-11(7-2)9-8-10(3,4)5;1-9(2,3)7-6-8-10(4)5;1-6-10(7-2)8-9(3,4)5;1-8(2,3)6-7-9(4)5;1-7(2,3)6-8(4)5;;;;;;;;;;;;/h6-13H2,1-5H3;6-12H2,1-5H3;2*6-11H2,1-5H3;2*6-10H2,1-5H3;2*6-9H2,1-5H3;2*6-8H2,1-5H3;6-7H2,1-5H3;6H2,1-5H3;12*1H4. The first-order valence-corrected chi connectivity index (χ1v) is 59.0. The molecule has 0 fully saturated rings. The minimum absolute atomic E-state index is 0. The minimum atomic E-state index is 0. The van der Waals surface area contributed by atoms with Gasteiger partial charge in [0, 0.05) is 19.6 Å². The van der Waals surface area contributed by atoms with Gasteiger partial charge in [-0.25, -0.2) is 0 Å². The van der Waals surface area contributed by atoms with E-state index in [2.05, 4.69) is 475 Å².